The number of aliphatic carboxylic acids is 1. The monoisotopic (exact) mass is 559 g/mol. The second kappa shape index (κ2) is 18.1. The zero-order chi connectivity index (χ0) is 30.2. The van der Waals surface area contributed by atoms with E-state index in [1.54, 1.807) is 20.9 Å². The number of rotatable bonds is 19. The van der Waals surface area contributed by atoms with Gasteiger partial charge in [-0.3, -0.25) is 19.2 Å². The Labute approximate surface area is 229 Å². The molecule has 0 aromatic rings. The van der Waals surface area contributed by atoms with Gasteiger partial charge in [-0.05, 0) is 67.3 Å². The maximum Gasteiger partial charge on any atom is 0.328 e. The Hall–Kier alpha value is -3.26. The first-order chi connectivity index (χ1) is 18.2. The van der Waals surface area contributed by atoms with Crippen LogP contribution in [-0.4, -0.2) is 90.7 Å². The summed E-state index contributed by atoms with van der Waals surface area (Å²) in [5.41, 5.74) is 5.22. The minimum absolute atomic E-state index is 0.0216. The van der Waals surface area contributed by atoms with Crippen molar-refractivity contribution in [2.24, 2.45) is 5.73 Å². The molecule has 4 unspecified atom stereocenters. The molecule has 0 aromatic carbocycles. The number of carbonyl (C=O) groups is 6. The van der Waals surface area contributed by atoms with Crippen LogP contribution in [-0.2, 0) is 38.2 Å². The number of nitrogens with two attached hydrogens (primary N) is 1. The average Bonchev–Trinajstić information content (AvgIpc) is 2.85. The predicted octanol–water partition coefficient (Wildman–Crippen LogP) is -0.663. The lowest BCUT2D eigenvalue weighted by Crippen LogP contribution is -2.52. The quantitative estimate of drug-likeness (QED) is 0.109. The third kappa shape index (κ3) is 15.1. The molecule has 7 N–H and O–H groups in total. The largest absolute Gasteiger partial charge is 0.480 e. The molecular weight excluding hydrogens is 514 g/mol. The second-order valence-corrected chi connectivity index (χ2v) is 9.70. The third-order valence-electron chi connectivity index (χ3n) is 5.83. The second-order valence-electron chi connectivity index (χ2n) is 9.70. The van der Waals surface area contributed by atoms with Crippen LogP contribution in [0.3, 0.4) is 0 Å². The lowest BCUT2D eigenvalue weighted by Gasteiger charge is -2.25. The van der Waals surface area contributed by atoms with Gasteiger partial charge in [0.2, 0.25) is 17.7 Å². The van der Waals surface area contributed by atoms with Crippen LogP contribution in [0.2, 0.25) is 0 Å². The Kier molecular flexibility index (Phi) is 16.6. The summed E-state index contributed by atoms with van der Waals surface area (Å²) >= 11 is 0. The van der Waals surface area contributed by atoms with E-state index in [4.69, 9.17) is 15.2 Å². The van der Waals surface area contributed by atoms with Crippen LogP contribution in [0.1, 0.15) is 73.1 Å². The fourth-order valence-electron chi connectivity index (χ4n) is 3.34. The first kappa shape index (κ1) is 35.7. The summed E-state index contributed by atoms with van der Waals surface area (Å²) in [5, 5.41) is 19.9. The summed E-state index contributed by atoms with van der Waals surface area (Å²) < 4.78 is 9.79. The normalized spacial score (nSPS) is 14.2. The molecule has 0 saturated carbocycles. The molecule has 0 heterocycles. The standard InChI is InChI=1S/C25H45N5O9/c1-7-38-23(36)16(26)10-9-11-17(22(34)35)29-19(31)13-12-18(24(37)39-8-2)30-21(33)15(3)28-20(32)14-25(4,5)27-6/h15-18,27H,7-14,26H2,1-6H3,(H,28,32)(H,29,31)(H,30,33)(H,34,35). The number of esters is 2. The maximum absolute atomic E-state index is 12.6. The van der Waals surface area contributed by atoms with Gasteiger partial charge in [-0.1, -0.05) is 0 Å². The third-order valence-corrected chi connectivity index (χ3v) is 5.83. The van der Waals surface area contributed by atoms with Gasteiger partial charge in [0.1, 0.15) is 24.2 Å². The molecular formula is C25H45N5O9. The molecule has 0 aliphatic heterocycles. The van der Waals surface area contributed by atoms with E-state index in [1.807, 2.05) is 13.8 Å². The van der Waals surface area contributed by atoms with Gasteiger partial charge in [0, 0.05) is 18.4 Å². The number of carbonyl (C=O) groups excluding carboxylic acids is 5. The molecule has 14 heteroatoms. The molecule has 0 spiro atoms. The topological polar surface area (TPSA) is 215 Å². The molecule has 0 radical (unpaired) electrons. The molecule has 0 aliphatic carbocycles. The molecule has 224 valence electrons. The van der Waals surface area contributed by atoms with Crippen LogP contribution >= 0.6 is 0 Å². The van der Waals surface area contributed by atoms with Gasteiger partial charge >= 0.3 is 17.9 Å². The van der Waals surface area contributed by atoms with Crippen molar-refractivity contribution in [2.45, 2.75) is 103 Å². The van der Waals surface area contributed by atoms with Gasteiger partial charge < -0.3 is 41.6 Å². The predicted molar refractivity (Wildman–Crippen MR) is 141 cm³/mol. The zero-order valence-electron chi connectivity index (χ0n) is 23.8. The van der Waals surface area contributed by atoms with Crippen molar-refractivity contribution in [3.05, 3.63) is 0 Å². The lowest BCUT2D eigenvalue weighted by molar-refractivity contribution is -0.148. The van der Waals surface area contributed by atoms with Crippen LogP contribution in [0.4, 0.5) is 0 Å². The van der Waals surface area contributed by atoms with Crippen molar-refractivity contribution in [1.29, 1.82) is 0 Å². The van der Waals surface area contributed by atoms with E-state index in [2.05, 4.69) is 21.3 Å². The van der Waals surface area contributed by atoms with Gasteiger partial charge in [-0.15, -0.1) is 0 Å². The van der Waals surface area contributed by atoms with Gasteiger partial charge in [-0.2, -0.15) is 0 Å². The van der Waals surface area contributed by atoms with Crippen LogP contribution in [0.25, 0.3) is 0 Å². The van der Waals surface area contributed by atoms with E-state index < -0.39 is 59.4 Å². The van der Waals surface area contributed by atoms with Crippen LogP contribution in [0.15, 0.2) is 0 Å². The molecule has 3 amide bonds. The van der Waals surface area contributed by atoms with Gasteiger partial charge in [0.15, 0.2) is 0 Å². The van der Waals surface area contributed by atoms with Crippen LogP contribution in [0.5, 0.6) is 0 Å². The van der Waals surface area contributed by atoms with Crippen molar-refractivity contribution < 1.29 is 43.3 Å². The van der Waals surface area contributed by atoms with E-state index in [1.165, 1.54) is 6.92 Å². The Morgan fingerprint density at radius 1 is 0.846 bits per heavy atom. The molecule has 0 bridgehead atoms. The van der Waals surface area contributed by atoms with Crippen molar-refractivity contribution >= 4 is 35.6 Å². The first-order valence-corrected chi connectivity index (χ1v) is 13.1. The van der Waals surface area contributed by atoms with E-state index in [0.717, 1.165) is 0 Å². The van der Waals surface area contributed by atoms with Crippen LogP contribution < -0.4 is 27.0 Å². The Balaban J connectivity index is 5.00. The molecule has 0 fully saturated rings. The molecule has 39 heavy (non-hydrogen) atoms. The van der Waals surface area contributed by atoms with E-state index in [0.29, 0.717) is 0 Å². The Bertz CT molecular complexity index is 850. The summed E-state index contributed by atoms with van der Waals surface area (Å²) in [6.07, 6.45) is 0.108. The van der Waals surface area contributed by atoms with E-state index in [9.17, 15) is 33.9 Å². The molecule has 0 aliphatic rings. The average molecular weight is 560 g/mol. The number of carboxylic acid groups (broad SMARTS) is 1. The summed E-state index contributed by atoms with van der Waals surface area (Å²) in [4.78, 5) is 72.9. The molecule has 0 rings (SSSR count). The SMILES string of the molecule is CCOC(=O)C(N)CCCC(NC(=O)CCC(NC(=O)C(C)NC(=O)CC(C)(C)NC)C(=O)OCC)C(=O)O. The number of ether oxygens (including phenoxy) is 2. The number of amides is 3. The molecule has 4 atom stereocenters. The molecule has 0 aromatic heterocycles. The highest BCUT2D eigenvalue weighted by Crippen LogP contribution is 2.09. The number of hydrogen-bond acceptors (Lipinski definition) is 10. The van der Waals surface area contributed by atoms with E-state index >= 15 is 0 Å². The van der Waals surface area contributed by atoms with Crippen molar-refractivity contribution in [3.63, 3.8) is 0 Å². The first-order valence-electron chi connectivity index (χ1n) is 13.1. The summed E-state index contributed by atoms with van der Waals surface area (Å²) in [5.74, 6) is -4.30. The lowest BCUT2D eigenvalue weighted by atomic mass is 10.0. The fourth-order valence-corrected chi connectivity index (χ4v) is 3.34. The smallest absolute Gasteiger partial charge is 0.328 e. The minimum atomic E-state index is -1.27. The number of hydrogen-bond donors (Lipinski definition) is 6. The summed E-state index contributed by atoms with van der Waals surface area (Å²) in [6.45, 7) is 8.55. The molecule has 14 nitrogen and oxygen atoms in total. The Morgan fingerprint density at radius 3 is 1.97 bits per heavy atom. The number of nitrogens with one attached hydrogen (secondary N) is 4. The van der Waals surface area contributed by atoms with Gasteiger partial charge in [0.05, 0.1) is 13.2 Å². The summed E-state index contributed by atoms with van der Waals surface area (Å²) in [6, 6.07) is -4.29. The zero-order valence-corrected chi connectivity index (χ0v) is 23.8. The maximum atomic E-state index is 12.6. The van der Waals surface area contributed by atoms with Gasteiger partial charge in [0.25, 0.3) is 0 Å². The number of carboxylic acids is 1. The summed E-state index contributed by atoms with van der Waals surface area (Å²) in [7, 11) is 1.71. The molecule has 0 saturated heterocycles. The van der Waals surface area contributed by atoms with Crippen LogP contribution in [0, 0.1) is 0 Å². The highest BCUT2D eigenvalue weighted by molar-refractivity contribution is 5.91. The van der Waals surface area contributed by atoms with Crippen molar-refractivity contribution in [1.82, 2.24) is 21.3 Å². The highest BCUT2D eigenvalue weighted by atomic mass is 16.5. The van der Waals surface area contributed by atoms with Gasteiger partial charge in [-0.25, -0.2) is 9.59 Å². The van der Waals surface area contributed by atoms with Crippen molar-refractivity contribution in [3.8, 4) is 0 Å². The highest BCUT2D eigenvalue weighted by Gasteiger charge is 2.28. The fraction of sp³-hybridized carbons (Fsp3) is 0.760. The van der Waals surface area contributed by atoms with Crippen molar-refractivity contribution in [2.75, 3.05) is 20.3 Å². The van der Waals surface area contributed by atoms with E-state index in [-0.39, 0.29) is 57.6 Å². The minimum Gasteiger partial charge on any atom is -0.480 e. The Morgan fingerprint density at radius 2 is 1.44 bits per heavy atom.